The second-order valence-electron chi connectivity index (χ2n) is 6.44. The van der Waals surface area contributed by atoms with Crippen molar-refractivity contribution in [3.63, 3.8) is 0 Å². The molecular weight excluding hydrogens is 330 g/mol. The van der Waals surface area contributed by atoms with Gasteiger partial charge >= 0.3 is 0 Å². The molecule has 4 heteroatoms. The first kappa shape index (κ1) is 18.5. The number of rotatable bonds is 7. The molecule has 1 saturated heterocycles. The molecule has 0 aromatic heterocycles. The number of benzene rings is 2. The highest BCUT2D eigenvalue weighted by molar-refractivity contribution is 7.98. The average Bonchev–Trinajstić information content (AvgIpc) is 2.70. The third-order valence-electron chi connectivity index (χ3n) is 4.99. The summed E-state index contributed by atoms with van der Waals surface area (Å²) in [4.78, 5) is 2.40. The van der Waals surface area contributed by atoms with Gasteiger partial charge in [0.15, 0.2) is 0 Å². The first-order valence-corrected chi connectivity index (χ1v) is 10.3. The standard InChI is InChI=1S/C21H27NO2S/c1-25-17-12-20(22-13-15-24-16-14-22)21(23,18-8-4-2-5-9-18)19-10-6-3-7-11-19/h2-11,20,23H,12-17H2,1H3/t20-/m0/s1. The molecule has 1 atom stereocenters. The van der Waals surface area contributed by atoms with Crippen LogP contribution in [0.2, 0.25) is 0 Å². The van der Waals surface area contributed by atoms with Gasteiger partial charge in [-0.25, -0.2) is 0 Å². The normalized spacial score (nSPS) is 17.4. The molecule has 1 aliphatic heterocycles. The highest BCUT2D eigenvalue weighted by Gasteiger charge is 2.43. The molecule has 3 nitrogen and oxygen atoms in total. The van der Waals surface area contributed by atoms with Gasteiger partial charge in [-0.2, -0.15) is 11.8 Å². The van der Waals surface area contributed by atoms with Crippen LogP contribution in [0.1, 0.15) is 17.5 Å². The van der Waals surface area contributed by atoms with Gasteiger partial charge in [-0.1, -0.05) is 60.7 Å². The Morgan fingerprint density at radius 1 is 1.00 bits per heavy atom. The molecule has 1 aliphatic rings. The number of morpholine rings is 1. The minimum atomic E-state index is -1.03. The van der Waals surface area contributed by atoms with Crippen molar-refractivity contribution in [2.24, 2.45) is 0 Å². The Labute approximate surface area is 155 Å². The summed E-state index contributed by atoms with van der Waals surface area (Å²) >= 11 is 1.83. The number of thioether (sulfide) groups is 1. The van der Waals surface area contributed by atoms with Crippen molar-refractivity contribution in [3.8, 4) is 0 Å². The van der Waals surface area contributed by atoms with Crippen LogP contribution >= 0.6 is 11.8 Å². The quantitative estimate of drug-likeness (QED) is 0.823. The molecule has 0 aliphatic carbocycles. The maximum absolute atomic E-state index is 12.1. The molecule has 0 amide bonds. The lowest BCUT2D eigenvalue weighted by Crippen LogP contribution is -2.55. The molecule has 1 heterocycles. The van der Waals surface area contributed by atoms with E-state index in [1.807, 2.05) is 72.4 Å². The van der Waals surface area contributed by atoms with E-state index < -0.39 is 5.60 Å². The van der Waals surface area contributed by atoms with Crippen LogP contribution < -0.4 is 0 Å². The van der Waals surface area contributed by atoms with Crippen molar-refractivity contribution in [2.45, 2.75) is 18.1 Å². The van der Waals surface area contributed by atoms with E-state index in [-0.39, 0.29) is 6.04 Å². The second kappa shape index (κ2) is 8.86. The molecule has 0 unspecified atom stereocenters. The van der Waals surface area contributed by atoms with E-state index in [4.69, 9.17) is 4.74 Å². The van der Waals surface area contributed by atoms with Crippen LogP contribution in [0.5, 0.6) is 0 Å². The van der Waals surface area contributed by atoms with Gasteiger partial charge < -0.3 is 9.84 Å². The fraction of sp³-hybridized carbons (Fsp3) is 0.429. The van der Waals surface area contributed by atoms with Crippen molar-refractivity contribution in [3.05, 3.63) is 71.8 Å². The smallest absolute Gasteiger partial charge is 0.130 e. The van der Waals surface area contributed by atoms with Gasteiger partial charge in [0.2, 0.25) is 0 Å². The van der Waals surface area contributed by atoms with E-state index in [9.17, 15) is 5.11 Å². The Hall–Kier alpha value is -1.33. The second-order valence-corrected chi connectivity index (χ2v) is 7.43. The van der Waals surface area contributed by atoms with Gasteiger partial charge in [0.25, 0.3) is 0 Å². The molecule has 3 rings (SSSR count). The molecule has 2 aromatic carbocycles. The zero-order chi connectivity index (χ0) is 17.5. The summed E-state index contributed by atoms with van der Waals surface area (Å²) in [5.74, 6) is 1.02. The third kappa shape index (κ3) is 4.09. The maximum atomic E-state index is 12.1. The van der Waals surface area contributed by atoms with E-state index in [1.54, 1.807) is 0 Å². The lowest BCUT2D eigenvalue weighted by atomic mass is 9.78. The van der Waals surface area contributed by atoms with Crippen molar-refractivity contribution in [1.29, 1.82) is 0 Å². The fourth-order valence-corrected chi connectivity index (χ4v) is 4.17. The molecule has 0 radical (unpaired) electrons. The molecule has 134 valence electrons. The summed E-state index contributed by atoms with van der Waals surface area (Å²) in [6.07, 6.45) is 3.06. The largest absolute Gasteiger partial charge is 0.379 e. The molecule has 0 spiro atoms. The zero-order valence-electron chi connectivity index (χ0n) is 14.8. The molecule has 1 N–H and O–H groups in total. The number of ether oxygens (including phenoxy) is 1. The fourth-order valence-electron chi connectivity index (χ4n) is 3.71. The predicted octanol–water partition coefficient (Wildman–Crippen LogP) is 3.38. The molecule has 0 bridgehead atoms. The summed E-state index contributed by atoms with van der Waals surface area (Å²) in [5, 5.41) is 12.1. The van der Waals surface area contributed by atoms with Crippen LogP contribution in [0.3, 0.4) is 0 Å². The van der Waals surface area contributed by atoms with Crippen LogP contribution in [-0.2, 0) is 10.3 Å². The maximum Gasteiger partial charge on any atom is 0.130 e. The summed E-state index contributed by atoms with van der Waals surface area (Å²) in [6, 6.07) is 20.2. The number of nitrogens with zero attached hydrogens (tertiary/aromatic N) is 1. The van der Waals surface area contributed by atoms with E-state index in [0.717, 1.165) is 49.6 Å². The van der Waals surface area contributed by atoms with Gasteiger partial charge in [-0.05, 0) is 29.6 Å². The van der Waals surface area contributed by atoms with E-state index in [2.05, 4.69) is 11.2 Å². The molecular formula is C21H27NO2S. The van der Waals surface area contributed by atoms with Crippen molar-refractivity contribution < 1.29 is 9.84 Å². The summed E-state index contributed by atoms with van der Waals surface area (Å²) in [6.45, 7) is 3.19. The number of aliphatic hydroxyl groups is 1. The summed E-state index contributed by atoms with van der Waals surface area (Å²) < 4.78 is 5.55. The highest BCUT2D eigenvalue weighted by Crippen LogP contribution is 2.37. The number of hydrogen-bond acceptors (Lipinski definition) is 4. The Morgan fingerprint density at radius 3 is 2.00 bits per heavy atom. The summed E-state index contributed by atoms with van der Waals surface area (Å²) in [7, 11) is 0. The lowest BCUT2D eigenvalue weighted by molar-refractivity contribution is -0.0607. The molecule has 0 saturated carbocycles. The zero-order valence-corrected chi connectivity index (χ0v) is 15.6. The highest BCUT2D eigenvalue weighted by atomic mass is 32.2. The SMILES string of the molecule is CSCC[C@H](N1CCOCC1)C(O)(c1ccccc1)c1ccccc1. The van der Waals surface area contributed by atoms with Gasteiger partial charge in [-0.3, -0.25) is 4.90 Å². The van der Waals surface area contributed by atoms with Crippen LogP contribution in [0.15, 0.2) is 60.7 Å². The summed E-state index contributed by atoms with van der Waals surface area (Å²) in [5.41, 5.74) is 0.882. The van der Waals surface area contributed by atoms with Crippen molar-refractivity contribution in [2.75, 3.05) is 38.3 Å². The molecule has 1 fully saturated rings. The van der Waals surface area contributed by atoms with Gasteiger partial charge in [0.1, 0.15) is 5.60 Å². The first-order chi connectivity index (χ1) is 12.3. The van der Waals surface area contributed by atoms with Crippen molar-refractivity contribution >= 4 is 11.8 Å². The van der Waals surface area contributed by atoms with E-state index in [1.165, 1.54) is 0 Å². The lowest BCUT2D eigenvalue weighted by Gasteiger charge is -2.45. The minimum absolute atomic E-state index is 0.0219. The van der Waals surface area contributed by atoms with Gasteiger partial charge in [0.05, 0.1) is 13.2 Å². The van der Waals surface area contributed by atoms with Crippen LogP contribution in [-0.4, -0.2) is 54.4 Å². The van der Waals surface area contributed by atoms with Gasteiger partial charge in [-0.15, -0.1) is 0 Å². The Kier molecular flexibility index (Phi) is 6.54. The van der Waals surface area contributed by atoms with E-state index >= 15 is 0 Å². The van der Waals surface area contributed by atoms with Gasteiger partial charge in [0, 0.05) is 19.1 Å². The van der Waals surface area contributed by atoms with Crippen LogP contribution in [0, 0.1) is 0 Å². The third-order valence-corrected chi connectivity index (χ3v) is 5.64. The van der Waals surface area contributed by atoms with Crippen molar-refractivity contribution in [1.82, 2.24) is 4.90 Å². The molecule has 2 aromatic rings. The minimum Gasteiger partial charge on any atom is -0.379 e. The van der Waals surface area contributed by atoms with Crippen LogP contribution in [0.4, 0.5) is 0 Å². The molecule has 25 heavy (non-hydrogen) atoms. The Bertz CT molecular complexity index is 589. The Balaban J connectivity index is 2.06. The number of hydrogen-bond donors (Lipinski definition) is 1. The topological polar surface area (TPSA) is 32.7 Å². The van der Waals surface area contributed by atoms with Crippen LogP contribution in [0.25, 0.3) is 0 Å². The first-order valence-electron chi connectivity index (χ1n) is 8.91. The monoisotopic (exact) mass is 357 g/mol. The average molecular weight is 358 g/mol. The predicted molar refractivity (Wildman–Crippen MR) is 105 cm³/mol. The Morgan fingerprint density at radius 2 is 1.52 bits per heavy atom. The van der Waals surface area contributed by atoms with E-state index in [0.29, 0.717) is 0 Å².